The molecular formula is C21H20FN3O3S. The number of aryl methyl sites for hydroxylation is 1. The number of anilines is 2. The summed E-state index contributed by atoms with van der Waals surface area (Å²) in [6.07, 6.45) is 1.68. The molecule has 0 radical (unpaired) electrons. The molecule has 0 saturated heterocycles. The Balaban J connectivity index is 2.12. The summed E-state index contributed by atoms with van der Waals surface area (Å²) < 4.78 is 35.2. The van der Waals surface area contributed by atoms with E-state index in [1.165, 1.54) is 34.2 Å². The van der Waals surface area contributed by atoms with Crippen LogP contribution >= 0.6 is 0 Å². The minimum absolute atomic E-state index is 0.167. The van der Waals surface area contributed by atoms with Gasteiger partial charge in [0, 0.05) is 42.5 Å². The maximum atomic E-state index is 13.2. The number of nitrogens with zero attached hydrogens (tertiary/aromatic N) is 1. The monoisotopic (exact) mass is 413 g/mol. The minimum atomic E-state index is -1.44. The summed E-state index contributed by atoms with van der Waals surface area (Å²) in [7, 11) is 1.88. The van der Waals surface area contributed by atoms with Gasteiger partial charge in [0.2, 0.25) is 0 Å². The maximum Gasteiger partial charge on any atom is 0.273 e. The third kappa shape index (κ3) is 4.72. The van der Waals surface area contributed by atoms with E-state index in [9.17, 15) is 13.4 Å². The zero-order valence-electron chi connectivity index (χ0n) is 15.9. The van der Waals surface area contributed by atoms with Crippen molar-refractivity contribution in [3.8, 4) is 22.6 Å². The first-order valence-electron chi connectivity index (χ1n) is 8.67. The summed E-state index contributed by atoms with van der Waals surface area (Å²) in [6, 6.07) is 12.6. The number of benzene rings is 2. The Bertz CT molecular complexity index is 1130. The molecule has 0 fully saturated rings. The van der Waals surface area contributed by atoms with Crippen LogP contribution in [0.1, 0.15) is 0 Å². The van der Waals surface area contributed by atoms with Crippen molar-refractivity contribution in [3.63, 3.8) is 0 Å². The minimum Gasteiger partial charge on any atom is -0.457 e. The second kappa shape index (κ2) is 8.74. The molecule has 150 valence electrons. The first kappa shape index (κ1) is 20.3. The molecule has 1 atom stereocenters. The number of ether oxygens (including phenoxy) is 1. The smallest absolute Gasteiger partial charge is 0.273 e. The second-order valence-corrected chi connectivity index (χ2v) is 7.27. The van der Waals surface area contributed by atoms with Crippen molar-refractivity contribution >= 4 is 22.4 Å². The molecule has 3 rings (SSSR count). The molecule has 0 aliphatic heterocycles. The number of hydrogen-bond donors (Lipinski definition) is 2. The van der Waals surface area contributed by atoms with Crippen molar-refractivity contribution in [2.75, 3.05) is 17.1 Å². The highest BCUT2D eigenvalue weighted by Gasteiger charge is 2.13. The summed E-state index contributed by atoms with van der Waals surface area (Å²) in [4.78, 5) is 12.2. The SMILES string of the molecule is C=CS(=O)Nc1ccc(Oc2ccc(F)cc2)c(-c2cc(NC)c(=O)n(C)c2)c1. The molecule has 3 aromatic rings. The van der Waals surface area contributed by atoms with Crippen molar-refractivity contribution in [3.05, 3.63) is 82.9 Å². The molecule has 1 heterocycles. The normalized spacial score (nSPS) is 11.6. The Labute approximate surface area is 170 Å². The molecule has 0 aliphatic rings. The van der Waals surface area contributed by atoms with E-state index in [-0.39, 0.29) is 11.4 Å². The van der Waals surface area contributed by atoms with Crippen LogP contribution in [0, 0.1) is 5.82 Å². The van der Waals surface area contributed by atoms with Crippen molar-refractivity contribution < 1.29 is 13.3 Å². The molecule has 1 aromatic heterocycles. The van der Waals surface area contributed by atoms with E-state index in [1.807, 2.05) is 0 Å². The highest BCUT2D eigenvalue weighted by Crippen LogP contribution is 2.36. The Hall–Kier alpha value is -3.39. The van der Waals surface area contributed by atoms with Crippen LogP contribution in [0.2, 0.25) is 0 Å². The van der Waals surface area contributed by atoms with Crippen LogP contribution in [0.3, 0.4) is 0 Å². The van der Waals surface area contributed by atoms with Crippen molar-refractivity contribution in [2.45, 2.75) is 0 Å². The lowest BCUT2D eigenvalue weighted by atomic mass is 10.0. The molecule has 2 N–H and O–H groups in total. The molecule has 29 heavy (non-hydrogen) atoms. The fourth-order valence-electron chi connectivity index (χ4n) is 2.73. The lowest BCUT2D eigenvalue weighted by molar-refractivity contribution is 0.482. The quantitative estimate of drug-likeness (QED) is 0.608. The molecule has 8 heteroatoms. The zero-order chi connectivity index (χ0) is 21.0. The van der Waals surface area contributed by atoms with Crippen LogP contribution in [0.5, 0.6) is 11.5 Å². The number of halogens is 1. The van der Waals surface area contributed by atoms with E-state index in [4.69, 9.17) is 4.74 Å². The van der Waals surface area contributed by atoms with Gasteiger partial charge in [-0.05, 0) is 48.5 Å². The average Bonchev–Trinajstić information content (AvgIpc) is 2.72. The highest BCUT2D eigenvalue weighted by atomic mass is 32.2. The van der Waals surface area contributed by atoms with E-state index >= 15 is 0 Å². The van der Waals surface area contributed by atoms with Gasteiger partial charge in [0.1, 0.15) is 34.0 Å². The van der Waals surface area contributed by atoms with E-state index in [0.717, 1.165) is 0 Å². The molecule has 6 nitrogen and oxygen atoms in total. The molecule has 1 unspecified atom stereocenters. The van der Waals surface area contributed by atoms with Gasteiger partial charge < -0.3 is 19.3 Å². The first-order valence-corrected chi connectivity index (χ1v) is 9.88. The topological polar surface area (TPSA) is 72.4 Å². The maximum absolute atomic E-state index is 13.2. The highest BCUT2D eigenvalue weighted by molar-refractivity contribution is 7.89. The summed E-state index contributed by atoms with van der Waals surface area (Å²) in [5.74, 6) is 0.592. The Morgan fingerprint density at radius 3 is 2.55 bits per heavy atom. The second-order valence-electron chi connectivity index (χ2n) is 6.14. The first-order chi connectivity index (χ1) is 13.9. The van der Waals surface area contributed by atoms with E-state index in [1.54, 1.807) is 44.6 Å². The standard InChI is InChI=1S/C21H20FN3O3S/c1-4-29(27)24-16-7-10-20(28-17-8-5-15(22)6-9-17)18(12-16)14-11-19(23-2)21(26)25(3)13-14/h4-13,23-24H,1H2,2-3H3. The van der Waals surface area contributed by atoms with Crippen molar-refractivity contribution in [1.29, 1.82) is 0 Å². The summed E-state index contributed by atoms with van der Waals surface area (Å²) in [5.41, 5.74) is 2.21. The Morgan fingerprint density at radius 2 is 1.90 bits per heavy atom. The third-order valence-corrected chi connectivity index (χ3v) is 4.89. The number of hydrogen-bond acceptors (Lipinski definition) is 4. The van der Waals surface area contributed by atoms with Crippen LogP contribution in [0.4, 0.5) is 15.8 Å². The number of pyridine rings is 1. The van der Waals surface area contributed by atoms with Crippen molar-refractivity contribution in [2.24, 2.45) is 7.05 Å². The van der Waals surface area contributed by atoms with Crippen LogP contribution in [0.15, 0.2) is 71.5 Å². The molecule has 0 aliphatic carbocycles. The van der Waals surface area contributed by atoms with Gasteiger partial charge in [-0.15, -0.1) is 0 Å². The summed E-state index contributed by atoms with van der Waals surface area (Å²) in [6.45, 7) is 3.50. The molecule has 2 aromatic carbocycles. The van der Waals surface area contributed by atoms with E-state index in [2.05, 4.69) is 16.6 Å². The lowest BCUT2D eigenvalue weighted by Crippen LogP contribution is -2.19. The van der Waals surface area contributed by atoms with Crippen LogP contribution < -0.4 is 20.3 Å². The zero-order valence-corrected chi connectivity index (χ0v) is 16.8. The largest absolute Gasteiger partial charge is 0.457 e. The van der Waals surface area contributed by atoms with Gasteiger partial charge in [0.05, 0.1) is 0 Å². The van der Waals surface area contributed by atoms with Crippen LogP contribution in [0.25, 0.3) is 11.1 Å². The molecular weight excluding hydrogens is 393 g/mol. The summed E-state index contributed by atoms with van der Waals surface area (Å²) >= 11 is 0. The van der Waals surface area contributed by atoms with Gasteiger partial charge in [-0.3, -0.25) is 4.79 Å². The van der Waals surface area contributed by atoms with Crippen LogP contribution in [-0.2, 0) is 18.0 Å². The number of aromatic nitrogens is 1. The lowest BCUT2D eigenvalue weighted by Gasteiger charge is -2.15. The number of nitrogens with one attached hydrogen (secondary N) is 2. The summed E-state index contributed by atoms with van der Waals surface area (Å²) in [5, 5.41) is 4.17. The predicted molar refractivity (Wildman–Crippen MR) is 115 cm³/mol. The van der Waals surface area contributed by atoms with Crippen molar-refractivity contribution in [1.82, 2.24) is 4.57 Å². The molecule has 0 bridgehead atoms. The van der Waals surface area contributed by atoms with Gasteiger partial charge in [-0.2, -0.15) is 0 Å². The predicted octanol–water partition coefficient (Wildman–Crippen LogP) is 4.24. The van der Waals surface area contributed by atoms with Gasteiger partial charge in [0.15, 0.2) is 0 Å². The Morgan fingerprint density at radius 1 is 1.17 bits per heavy atom. The van der Waals surface area contributed by atoms with Gasteiger partial charge >= 0.3 is 0 Å². The van der Waals surface area contributed by atoms with Gasteiger partial charge in [0.25, 0.3) is 5.56 Å². The van der Waals surface area contributed by atoms with Gasteiger partial charge in [-0.25, -0.2) is 8.60 Å². The molecule has 0 spiro atoms. The van der Waals surface area contributed by atoms with Crippen LogP contribution in [-0.4, -0.2) is 15.8 Å². The van der Waals surface area contributed by atoms with E-state index in [0.29, 0.717) is 34.0 Å². The number of rotatable bonds is 7. The molecule has 0 amide bonds. The fourth-order valence-corrected chi connectivity index (χ4v) is 3.18. The molecule has 0 saturated carbocycles. The fraction of sp³-hybridized carbons (Fsp3) is 0.0952. The third-order valence-electron chi connectivity index (χ3n) is 4.15. The van der Waals surface area contributed by atoms with E-state index < -0.39 is 11.0 Å². The average molecular weight is 413 g/mol. The Kier molecular flexibility index (Phi) is 6.13. The van der Waals surface area contributed by atoms with Gasteiger partial charge in [-0.1, -0.05) is 6.58 Å².